The van der Waals surface area contributed by atoms with Gasteiger partial charge in [-0.15, -0.1) is 0 Å². The molecule has 0 aliphatic rings. The molecule has 0 spiro atoms. The van der Waals surface area contributed by atoms with E-state index in [1.54, 1.807) is 20.2 Å². The summed E-state index contributed by atoms with van der Waals surface area (Å²) in [6.45, 7) is 4.82. The Bertz CT molecular complexity index is 447. The van der Waals surface area contributed by atoms with E-state index in [1.807, 2.05) is 0 Å². The lowest BCUT2D eigenvalue weighted by Gasteiger charge is -2.25. The molecule has 1 aromatic heterocycles. The quantitative estimate of drug-likeness (QED) is 0.797. The number of rotatable bonds is 4. The van der Waals surface area contributed by atoms with Crippen LogP contribution in [0, 0.1) is 0 Å². The molecule has 18 heavy (non-hydrogen) atoms. The van der Waals surface area contributed by atoms with E-state index in [-0.39, 0.29) is 6.04 Å². The Hall–Kier alpha value is -0.760. The number of carbonyl (C=O) groups excluding carboxylic acids is 1. The molecule has 0 saturated heterocycles. The first-order chi connectivity index (χ1) is 8.17. The third kappa shape index (κ3) is 2.97. The van der Waals surface area contributed by atoms with Gasteiger partial charge in [-0.3, -0.25) is 9.48 Å². The Balaban J connectivity index is 2.80. The summed E-state index contributed by atoms with van der Waals surface area (Å²) >= 11 is 4.28. The Kier molecular flexibility index (Phi) is 4.66. The van der Waals surface area contributed by atoms with Gasteiger partial charge in [0.2, 0.25) is 4.75 Å². The van der Waals surface area contributed by atoms with E-state index in [2.05, 4.69) is 10.4 Å². The fraction of sp³-hybridized carbons (Fsp3) is 0.600. The second kappa shape index (κ2) is 5.48. The van der Waals surface area contributed by atoms with Gasteiger partial charge in [-0.2, -0.15) is 10.2 Å². The number of hydrogen-bond donors (Lipinski definition) is 2. The molecule has 8 heteroatoms. The van der Waals surface area contributed by atoms with Crippen LogP contribution >= 0.6 is 11.6 Å². The molecule has 1 heterocycles. The lowest BCUT2D eigenvalue weighted by atomic mass is 10.1. The van der Waals surface area contributed by atoms with E-state index in [0.29, 0.717) is 10.7 Å². The number of aromatic nitrogens is 2. The van der Waals surface area contributed by atoms with Gasteiger partial charge in [0, 0.05) is 12.6 Å². The van der Waals surface area contributed by atoms with Crippen LogP contribution in [0.5, 0.6) is 0 Å². The minimum Gasteiger partial charge on any atom is -0.597 e. The number of carbonyl (C=O) groups is 1. The number of aryl methyl sites for hydroxylation is 1. The predicted octanol–water partition coefficient (Wildman–Crippen LogP) is 0.652. The maximum Gasteiger partial charge on any atom is 0.278 e. The summed E-state index contributed by atoms with van der Waals surface area (Å²) in [7, 11) is 1.71. The molecule has 0 saturated carbocycles. The van der Waals surface area contributed by atoms with Crippen molar-refractivity contribution in [3.63, 3.8) is 0 Å². The summed E-state index contributed by atoms with van der Waals surface area (Å²) in [5.74, 6) is -0.393. The van der Waals surface area contributed by atoms with Gasteiger partial charge in [0.25, 0.3) is 5.91 Å². The third-order valence-corrected chi connectivity index (χ3v) is 4.41. The average Bonchev–Trinajstić information content (AvgIpc) is 2.59. The Morgan fingerprint density at radius 2 is 2.28 bits per heavy atom. The van der Waals surface area contributed by atoms with Crippen molar-refractivity contribution in [2.24, 2.45) is 12.2 Å². The molecule has 0 aliphatic carbocycles. The zero-order valence-electron chi connectivity index (χ0n) is 10.7. The first kappa shape index (κ1) is 15.3. The minimum absolute atomic E-state index is 0.332. The molecule has 1 aromatic rings. The van der Waals surface area contributed by atoms with E-state index in [9.17, 15) is 9.35 Å². The fourth-order valence-electron chi connectivity index (χ4n) is 1.27. The van der Waals surface area contributed by atoms with Crippen molar-refractivity contribution < 1.29 is 9.35 Å². The summed E-state index contributed by atoms with van der Waals surface area (Å²) in [5.41, 5.74) is 0.700. The van der Waals surface area contributed by atoms with Crippen LogP contribution in [0.25, 0.3) is 0 Å². The molecule has 0 aliphatic heterocycles. The van der Waals surface area contributed by atoms with Crippen molar-refractivity contribution in [3.05, 3.63) is 16.9 Å². The first-order valence-corrected chi connectivity index (χ1v) is 6.91. The van der Waals surface area contributed by atoms with Crippen LogP contribution in [-0.4, -0.2) is 25.0 Å². The molecular weight excluding hydrogens is 276 g/mol. The highest BCUT2D eigenvalue weighted by molar-refractivity contribution is 7.91. The maximum atomic E-state index is 12.0. The average molecular weight is 293 g/mol. The lowest BCUT2D eigenvalue weighted by Crippen LogP contribution is -2.51. The highest BCUT2D eigenvalue weighted by Crippen LogP contribution is 2.23. The molecule has 0 aromatic carbocycles. The number of nitrogens with zero attached hydrogens (tertiary/aromatic N) is 2. The summed E-state index contributed by atoms with van der Waals surface area (Å²) in [4.78, 5) is 12.0. The number of hydrogen-bond acceptors (Lipinski definition) is 4. The smallest absolute Gasteiger partial charge is 0.278 e. The lowest BCUT2D eigenvalue weighted by molar-refractivity contribution is -0.123. The number of amides is 1. The largest absolute Gasteiger partial charge is 0.597 e. The van der Waals surface area contributed by atoms with Crippen LogP contribution in [0.15, 0.2) is 6.20 Å². The SMILES string of the molecule is C[C@H](NC(=O)C(C)(C)[S+](N)[O-])c1cnn(C)c1Cl. The zero-order chi connectivity index (χ0) is 14.1. The molecule has 1 rings (SSSR count). The molecule has 0 bridgehead atoms. The molecule has 0 radical (unpaired) electrons. The van der Waals surface area contributed by atoms with Crippen molar-refractivity contribution in [2.75, 3.05) is 0 Å². The van der Waals surface area contributed by atoms with Crippen molar-refractivity contribution in [2.45, 2.75) is 31.6 Å². The molecule has 102 valence electrons. The molecule has 0 fully saturated rings. The van der Waals surface area contributed by atoms with Gasteiger partial charge in [-0.05, 0) is 20.8 Å². The normalized spacial score (nSPS) is 15.3. The third-order valence-electron chi connectivity index (χ3n) is 2.76. The van der Waals surface area contributed by atoms with Crippen molar-refractivity contribution in [1.29, 1.82) is 0 Å². The van der Waals surface area contributed by atoms with Crippen LogP contribution in [0.1, 0.15) is 32.4 Å². The van der Waals surface area contributed by atoms with Gasteiger partial charge < -0.3 is 9.87 Å². The second-order valence-corrected chi connectivity index (χ2v) is 6.49. The van der Waals surface area contributed by atoms with Crippen LogP contribution in [-0.2, 0) is 23.2 Å². The van der Waals surface area contributed by atoms with Crippen molar-refractivity contribution in [1.82, 2.24) is 15.1 Å². The topological polar surface area (TPSA) is 96.0 Å². The van der Waals surface area contributed by atoms with Gasteiger partial charge in [0.15, 0.2) is 0 Å². The van der Waals surface area contributed by atoms with Gasteiger partial charge in [-0.25, -0.2) is 0 Å². The maximum absolute atomic E-state index is 12.0. The molecule has 1 amide bonds. The number of nitrogens with two attached hydrogens (primary N) is 1. The Morgan fingerprint density at radius 3 is 2.67 bits per heavy atom. The van der Waals surface area contributed by atoms with E-state index in [0.717, 1.165) is 0 Å². The summed E-state index contributed by atoms with van der Waals surface area (Å²) in [6.07, 6.45) is 1.58. The van der Waals surface area contributed by atoms with Gasteiger partial charge in [0.1, 0.15) is 5.15 Å². The van der Waals surface area contributed by atoms with Crippen LogP contribution < -0.4 is 10.5 Å². The monoisotopic (exact) mass is 292 g/mol. The highest BCUT2D eigenvalue weighted by Gasteiger charge is 2.39. The molecule has 2 atom stereocenters. The van der Waals surface area contributed by atoms with Crippen molar-refractivity contribution >= 4 is 28.9 Å². The summed E-state index contributed by atoms with van der Waals surface area (Å²) in [6, 6.07) is -0.332. The van der Waals surface area contributed by atoms with Gasteiger partial charge >= 0.3 is 0 Å². The zero-order valence-corrected chi connectivity index (χ0v) is 12.3. The number of nitrogens with one attached hydrogen (secondary N) is 1. The van der Waals surface area contributed by atoms with Gasteiger partial charge in [-0.1, -0.05) is 11.6 Å². The van der Waals surface area contributed by atoms with E-state index < -0.39 is 22.0 Å². The Labute approximate surface area is 114 Å². The second-order valence-electron chi connectivity index (χ2n) is 4.52. The summed E-state index contributed by atoms with van der Waals surface area (Å²) in [5, 5.41) is 12.5. The Morgan fingerprint density at radius 1 is 1.72 bits per heavy atom. The molecule has 6 nitrogen and oxygen atoms in total. The predicted molar refractivity (Wildman–Crippen MR) is 71.2 cm³/mol. The highest BCUT2D eigenvalue weighted by atomic mass is 35.5. The molecule has 3 N–H and O–H groups in total. The van der Waals surface area contributed by atoms with E-state index in [1.165, 1.54) is 18.5 Å². The van der Waals surface area contributed by atoms with Crippen molar-refractivity contribution in [3.8, 4) is 0 Å². The van der Waals surface area contributed by atoms with Crippen LogP contribution in [0.2, 0.25) is 5.15 Å². The van der Waals surface area contributed by atoms with E-state index in [4.69, 9.17) is 16.7 Å². The standard InChI is InChI=1S/C10H17ClN4O2S/c1-6(7-5-13-15(4)8(7)11)14-9(16)10(2,3)18(12)17/h5-6H,12H2,1-4H3,(H,14,16)/t6-,18?/m0/s1. The fourth-order valence-corrected chi connectivity index (χ4v) is 1.77. The number of halogens is 1. The van der Waals surface area contributed by atoms with E-state index >= 15 is 0 Å². The molecule has 1 unspecified atom stereocenters. The summed E-state index contributed by atoms with van der Waals surface area (Å²) < 4.78 is 11.6. The minimum atomic E-state index is -1.74. The molecular formula is C10H17ClN4O2S. The first-order valence-electron chi connectivity index (χ1n) is 5.32. The van der Waals surface area contributed by atoms with Gasteiger partial charge in [0.05, 0.1) is 23.6 Å². The van der Waals surface area contributed by atoms with Crippen LogP contribution in [0.4, 0.5) is 0 Å². The van der Waals surface area contributed by atoms with Crippen LogP contribution in [0.3, 0.4) is 0 Å².